The predicted octanol–water partition coefficient (Wildman–Crippen LogP) is 3.38. The summed E-state index contributed by atoms with van der Waals surface area (Å²) in [6.07, 6.45) is 2.06. The Labute approximate surface area is 127 Å². The van der Waals surface area contributed by atoms with E-state index < -0.39 is 10.0 Å². The van der Waals surface area contributed by atoms with E-state index >= 15 is 0 Å². The molecule has 0 saturated carbocycles. The maximum atomic E-state index is 12.6. The molecule has 3 nitrogen and oxygen atoms in total. The van der Waals surface area contributed by atoms with Crippen molar-refractivity contribution in [1.82, 2.24) is 4.31 Å². The molecule has 2 atom stereocenters. The lowest BCUT2D eigenvalue weighted by Crippen LogP contribution is -2.46. The van der Waals surface area contributed by atoms with Gasteiger partial charge in [-0.05, 0) is 36.8 Å². The van der Waals surface area contributed by atoms with Gasteiger partial charge >= 0.3 is 0 Å². The van der Waals surface area contributed by atoms with Crippen LogP contribution in [0.5, 0.6) is 0 Å². The fourth-order valence-electron chi connectivity index (χ4n) is 2.79. The smallest absolute Gasteiger partial charge is 0.212 e. The van der Waals surface area contributed by atoms with Crippen LogP contribution in [0.2, 0.25) is 0 Å². The van der Waals surface area contributed by atoms with E-state index in [0.717, 1.165) is 24.0 Å². The molecule has 20 heavy (non-hydrogen) atoms. The highest BCUT2D eigenvalue weighted by Gasteiger charge is 2.33. The monoisotopic (exact) mass is 315 g/mol. The second-order valence-corrected chi connectivity index (χ2v) is 7.87. The molecule has 2 unspecified atom stereocenters. The Morgan fingerprint density at radius 1 is 1.30 bits per heavy atom. The van der Waals surface area contributed by atoms with Crippen LogP contribution in [0, 0.1) is 5.92 Å². The third-order valence-corrected chi connectivity index (χ3v) is 6.40. The fourth-order valence-corrected chi connectivity index (χ4v) is 4.84. The molecule has 1 aliphatic heterocycles. The first kappa shape index (κ1) is 15.8. The highest BCUT2D eigenvalue weighted by atomic mass is 35.5. The van der Waals surface area contributed by atoms with Crippen molar-refractivity contribution in [2.75, 3.05) is 6.54 Å². The second kappa shape index (κ2) is 6.46. The van der Waals surface area contributed by atoms with Gasteiger partial charge in [-0.25, -0.2) is 8.42 Å². The number of nitrogens with zero attached hydrogens (tertiary/aromatic N) is 1. The van der Waals surface area contributed by atoms with E-state index in [1.54, 1.807) is 4.31 Å². The van der Waals surface area contributed by atoms with Crippen LogP contribution in [-0.4, -0.2) is 25.3 Å². The number of benzene rings is 1. The van der Waals surface area contributed by atoms with Crippen LogP contribution in [0.4, 0.5) is 0 Å². The normalized spacial score (nSPS) is 24.8. The quantitative estimate of drug-likeness (QED) is 0.799. The molecular formula is C15H22ClNO2S. The summed E-state index contributed by atoms with van der Waals surface area (Å²) >= 11 is 5.80. The molecule has 1 saturated heterocycles. The first-order chi connectivity index (χ1) is 9.44. The molecule has 1 aromatic carbocycles. The van der Waals surface area contributed by atoms with Crippen molar-refractivity contribution < 1.29 is 8.42 Å². The molecule has 1 aliphatic rings. The average Bonchev–Trinajstić information content (AvgIpc) is 2.41. The van der Waals surface area contributed by atoms with Gasteiger partial charge in [-0.2, -0.15) is 4.31 Å². The molecule has 5 heteroatoms. The molecule has 0 N–H and O–H groups in total. The van der Waals surface area contributed by atoms with Crippen molar-refractivity contribution in [2.24, 2.45) is 5.92 Å². The molecule has 0 radical (unpaired) electrons. The van der Waals surface area contributed by atoms with Gasteiger partial charge in [0.2, 0.25) is 10.0 Å². The largest absolute Gasteiger partial charge is 0.218 e. The number of hydrogen-bond donors (Lipinski definition) is 0. The maximum Gasteiger partial charge on any atom is 0.218 e. The molecule has 0 bridgehead atoms. The molecule has 1 aromatic rings. The predicted molar refractivity (Wildman–Crippen MR) is 83.2 cm³/mol. The van der Waals surface area contributed by atoms with Crippen LogP contribution in [0.15, 0.2) is 24.3 Å². The Bertz CT molecular complexity index is 559. The van der Waals surface area contributed by atoms with E-state index in [9.17, 15) is 8.42 Å². The second-order valence-electron chi connectivity index (χ2n) is 5.68. The van der Waals surface area contributed by atoms with Gasteiger partial charge in [-0.3, -0.25) is 0 Å². The van der Waals surface area contributed by atoms with Crippen LogP contribution < -0.4 is 0 Å². The lowest BCUT2D eigenvalue weighted by molar-refractivity contribution is 0.202. The molecule has 1 heterocycles. The zero-order chi connectivity index (χ0) is 14.8. The molecular weight excluding hydrogens is 294 g/mol. The molecule has 0 spiro atoms. The zero-order valence-corrected chi connectivity index (χ0v) is 13.6. The summed E-state index contributed by atoms with van der Waals surface area (Å²) in [5.41, 5.74) is 1.77. The lowest BCUT2D eigenvalue weighted by atomic mass is 9.94. The van der Waals surface area contributed by atoms with Crippen molar-refractivity contribution in [1.29, 1.82) is 0 Å². The summed E-state index contributed by atoms with van der Waals surface area (Å²) in [5, 5.41) is 0. The number of halogens is 1. The van der Waals surface area contributed by atoms with E-state index in [1.807, 2.05) is 31.2 Å². The molecule has 0 aliphatic carbocycles. The number of piperidine rings is 1. The van der Waals surface area contributed by atoms with Crippen LogP contribution in [0.25, 0.3) is 0 Å². The topological polar surface area (TPSA) is 37.4 Å². The number of alkyl halides is 1. The highest BCUT2D eigenvalue weighted by molar-refractivity contribution is 7.88. The van der Waals surface area contributed by atoms with Crippen LogP contribution in [0.1, 0.15) is 37.8 Å². The SMILES string of the molecule is CC1CCCN(S(=O)(=O)Cc2cccc(CCl)c2)C1C. The van der Waals surface area contributed by atoms with E-state index in [0.29, 0.717) is 18.3 Å². The Morgan fingerprint density at radius 3 is 2.70 bits per heavy atom. The molecule has 0 amide bonds. The Balaban J connectivity index is 2.17. The third-order valence-electron chi connectivity index (χ3n) is 4.17. The first-order valence-electron chi connectivity index (χ1n) is 7.07. The Kier molecular flexibility index (Phi) is 5.10. The molecule has 1 fully saturated rings. The van der Waals surface area contributed by atoms with Gasteiger partial charge in [0.1, 0.15) is 0 Å². The average molecular weight is 316 g/mol. The number of hydrogen-bond acceptors (Lipinski definition) is 2. The first-order valence-corrected chi connectivity index (χ1v) is 9.21. The van der Waals surface area contributed by atoms with Gasteiger partial charge in [0.25, 0.3) is 0 Å². The Morgan fingerprint density at radius 2 is 2.00 bits per heavy atom. The third kappa shape index (κ3) is 3.54. The number of sulfonamides is 1. The van der Waals surface area contributed by atoms with E-state index in [-0.39, 0.29) is 11.8 Å². The molecule has 112 valence electrons. The Hall–Kier alpha value is -0.580. The van der Waals surface area contributed by atoms with Crippen LogP contribution >= 0.6 is 11.6 Å². The number of rotatable bonds is 4. The van der Waals surface area contributed by atoms with Gasteiger partial charge < -0.3 is 0 Å². The summed E-state index contributed by atoms with van der Waals surface area (Å²) in [6.45, 7) is 4.78. The van der Waals surface area contributed by atoms with Gasteiger partial charge in [-0.1, -0.05) is 31.2 Å². The zero-order valence-electron chi connectivity index (χ0n) is 12.0. The minimum Gasteiger partial charge on any atom is -0.212 e. The standard InChI is InChI=1S/C15H22ClNO2S/c1-12-5-4-8-17(13(12)2)20(18,19)11-15-7-3-6-14(9-15)10-16/h3,6-7,9,12-13H,4-5,8,10-11H2,1-2H3. The molecule has 0 aromatic heterocycles. The fraction of sp³-hybridized carbons (Fsp3) is 0.600. The van der Waals surface area contributed by atoms with E-state index in [4.69, 9.17) is 11.6 Å². The van der Waals surface area contributed by atoms with Crippen molar-refractivity contribution in [3.05, 3.63) is 35.4 Å². The van der Waals surface area contributed by atoms with Gasteiger partial charge in [-0.15, -0.1) is 11.6 Å². The van der Waals surface area contributed by atoms with Crippen LogP contribution in [0.3, 0.4) is 0 Å². The maximum absolute atomic E-state index is 12.6. The van der Waals surface area contributed by atoms with Crippen molar-refractivity contribution in [2.45, 2.75) is 44.4 Å². The van der Waals surface area contributed by atoms with E-state index in [1.165, 1.54) is 0 Å². The van der Waals surface area contributed by atoms with Crippen LogP contribution in [-0.2, 0) is 21.7 Å². The minimum atomic E-state index is -3.25. The summed E-state index contributed by atoms with van der Waals surface area (Å²) < 4.78 is 26.9. The van der Waals surface area contributed by atoms with Gasteiger partial charge in [0.15, 0.2) is 0 Å². The summed E-state index contributed by atoms with van der Waals surface area (Å²) in [6, 6.07) is 7.60. The summed E-state index contributed by atoms with van der Waals surface area (Å²) in [4.78, 5) is 0. The lowest BCUT2D eigenvalue weighted by Gasteiger charge is -2.36. The van der Waals surface area contributed by atoms with Gasteiger partial charge in [0, 0.05) is 18.5 Å². The highest BCUT2D eigenvalue weighted by Crippen LogP contribution is 2.27. The van der Waals surface area contributed by atoms with Crippen molar-refractivity contribution >= 4 is 21.6 Å². The van der Waals surface area contributed by atoms with Crippen molar-refractivity contribution in [3.63, 3.8) is 0 Å². The summed E-state index contributed by atoms with van der Waals surface area (Å²) in [7, 11) is -3.25. The summed E-state index contributed by atoms with van der Waals surface area (Å²) in [5.74, 6) is 0.896. The van der Waals surface area contributed by atoms with Crippen molar-refractivity contribution in [3.8, 4) is 0 Å². The van der Waals surface area contributed by atoms with Gasteiger partial charge in [0.05, 0.1) is 5.75 Å². The minimum absolute atomic E-state index is 0.0643. The van der Waals surface area contributed by atoms with E-state index in [2.05, 4.69) is 6.92 Å². The molecule has 2 rings (SSSR count).